The van der Waals surface area contributed by atoms with Gasteiger partial charge in [0, 0.05) is 5.75 Å². The topological polar surface area (TPSA) is 12.0 Å². The van der Waals surface area contributed by atoms with Crippen LogP contribution in [0, 0.1) is 5.92 Å². The first-order valence-electron chi connectivity index (χ1n) is 4.93. The number of piperidine rings is 1. The number of halogens is 1. The van der Waals surface area contributed by atoms with Crippen molar-refractivity contribution in [1.29, 1.82) is 0 Å². The summed E-state index contributed by atoms with van der Waals surface area (Å²) in [6, 6.07) is 4.34. The van der Waals surface area contributed by atoms with E-state index in [1.54, 1.807) is 0 Å². The van der Waals surface area contributed by atoms with Crippen LogP contribution < -0.4 is 5.32 Å². The van der Waals surface area contributed by atoms with E-state index in [-0.39, 0.29) is 0 Å². The molecular formula is C10H14BrNS2. The van der Waals surface area contributed by atoms with Gasteiger partial charge in [-0.3, -0.25) is 0 Å². The molecule has 0 unspecified atom stereocenters. The molecule has 1 aliphatic heterocycles. The Labute approximate surface area is 102 Å². The van der Waals surface area contributed by atoms with Crippen molar-refractivity contribution in [3.05, 3.63) is 15.9 Å². The summed E-state index contributed by atoms with van der Waals surface area (Å²) in [6.07, 6.45) is 2.69. The van der Waals surface area contributed by atoms with E-state index < -0.39 is 0 Å². The maximum atomic E-state index is 3.49. The molecule has 2 rings (SSSR count). The molecule has 0 radical (unpaired) electrons. The molecule has 0 amide bonds. The highest BCUT2D eigenvalue weighted by Crippen LogP contribution is 2.32. The summed E-state index contributed by atoms with van der Waals surface area (Å²) in [5.74, 6) is 2.20. The summed E-state index contributed by atoms with van der Waals surface area (Å²) in [4.78, 5) is 0. The van der Waals surface area contributed by atoms with Crippen molar-refractivity contribution in [1.82, 2.24) is 5.32 Å². The van der Waals surface area contributed by atoms with Gasteiger partial charge < -0.3 is 5.32 Å². The van der Waals surface area contributed by atoms with Gasteiger partial charge in [-0.25, -0.2) is 0 Å². The van der Waals surface area contributed by atoms with Crippen LogP contribution >= 0.6 is 39.0 Å². The Morgan fingerprint density at radius 3 is 2.86 bits per heavy atom. The summed E-state index contributed by atoms with van der Waals surface area (Å²) < 4.78 is 2.68. The Morgan fingerprint density at radius 1 is 1.43 bits per heavy atom. The number of hydrogen-bond acceptors (Lipinski definition) is 3. The molecule has 0 spiro atoms. The largest absolute Gasteiger partial charge is 0.317 e. The SMILES string of the molecule is Brc1ccc(SCC2CCNCC2)s1. The lowest BCUT2D eigenvalue weighted by Crippen LogP contribution is -2.28. The molecule has 0 aromatic carbocycles. The quantitative estimate of drug-likeness (QED) is 0.854. The fraction of sp³-hybridized carbons (Fsp3) is 0.600. The van der Waals surface area contributed by atoms with Gasteiger partial charge in [-0.15, -0.1) is 23.1 Å². The fourth-order valence-electron chi connectivity index (χ4n) is 1.62. The van der Waals surface area contributed by atoms with Crippen molar-refractivity contribution in [3.63, 3.8) is 0 Å². The first-order valence-corrected chi connectivity index (χ1v) is 7.53. The van der Waals surface area contributed by atoms with Crippen LogP contribution in [0.5, 0.6) is 0 Å². The molecule has 1 aromatic rings. The van der Waals surface area contributed by atoms with Crippen molar-refractivity contribution in [2.75, 3.05) is 18.8 Å². The Morgan fingerprint density at radius 2 is 2.21 bits per heavy atom. The fourth-order valence-corrected chi connectivity index (χ4v) is 4.67. The minimum Gasteiger partial charge on any atom is -0.317 e. The molecule has 0 bridgehead atoms. The minimum absolute atomic E-state index is 0.919. The van der Waals surface area contributed by atoms with Crippen molar-refractivity contribution in [2.24, 2.45) is 5.92 Å². The zero-order valence-electron chi connectivity index (χ0n) is 7.96. The molecule has 1 fully saturated rings. The second-order valence-electron chi connectivity index (χ2n) is 3.56. The van der Waals surface area contributed by atoms with Crippen LogP contribution in [0.4, 0.5) is 0 Å². The van der Waals surface area contributed by atoms with Gasteiger partial charge in [-0.2, -0.15) is 0 Å². The third kappa shape index (κ3) is 3.26. The van der Waals surface area contributed by atoms with Gasteiger partial charge in [0.1, 0.15) is 0 Å². The Kier molecular flexibility index (Phi) is 4.35. The van der Waals surface area contributed by atoms with Crippen molar-refractivity contribution < 1.29 is 0 Å². The van der Waals surface area contributed by atoms with E-state index in [9.17, 15) is 0 Å². The summed E-state index contributed by atoms with van der Waals surface area (Å²) >= 11 is 7.34. The molecule has 4 heteroatoms. The molecule has 0 saturated carbocycles. The molecule has 0 atom stereocenters. The number of hydrogen-bond donors (Lipinski definition) is 1. The highest BCUT2D eigenvalue weighted by molar-refractivity contribution is 9.11. The first kappa shape index (κ1) is 11.0. The average molecular weight is 292 g/mol. The number of nitrogens with one attached hydrogen (secondary N) is 1. The smallest absolute Gasteiger partial charge is 0.0710 e. The number of thiophene rings is 1. The van der Waals surface area contributed by atoms with Crippen LogP contribution in [0.1, 0.15) is 12.8 Å². The van der Waals surface area contributed by atoms with Crippen LogP contribution in [0.15, 0.2) is 20.1 Å². The normalized spacial score (nSPS) is 18.6. The summed E-state index contributed by atoms with van der Waals surface area (Å²) in [5.41, 5.74) is 0. The maximum Gasteiger partial charge on any atom is 0.0710 e. The van der Waals surface area contributed by atoms with E-state index in [2.05, 4.69) is 33.4 Å². The molecule has 1 N–H and O–H groups in total. The van der Waals surface area contributed by atoms with E-state index in [1.807, 2.05) is 23.1 Å². The van der Waals surface area contributed by atoms with Crippen molar-refractivity contribution in [2.45, 2.75) is 17.1 Å². The number of thioether (sulfide) groups is 1. The summed E-state index contributed by atoms with van der Waals surface area (Å²) in [5, 5.41) is 3.40. The van der Waals surface area contributed by atoms with Gasteiger partial charge in [0.2, 0.25) is 0 Å². The Bertz CT molecular complexity index is 281. The second kappa shape index (κ2) is 5.54. The standard InChI is InChI=1S/C10H14BrNS2/c11-9-1-2-10(14-9)13-7-8-3-5-12-6-4-8/h1-2,8,12H,3-7H2. The molecule has 1 aliphatic rings. The molecule has 14 heavy (non-hydrogen) atoms. The first-order chi connectivity index (χ1) is 6.84. The van der Waals surface area contributed by atoms with E-state index in [1.165, 1.54) is 39.7 Å². The van der Waals surface area contributed by atoms with Gasteiger partial charge in [-0.1, -0.05) is 0 Å². The predicted octanol–water partition coefficient (Wildman–Crippen LogP) is 3.60. The van der Waals surface area contributed by atoms with Gasteiger partial charge >= 0.3 is 0 Å². The lowest BCUT2D eigenvalue weighted by molar-refractivity contribution is 0.408. The monoisotopic (exact) mass is 291 g/mol. The molecule has 1 saturated heterocycles. The third-order valence-corrected chi connectivity index (χ3v) is 5.55. The average Bonchev–Trinajstić information content (AvgIpc) is 2.63. The molecule has 1 nitrogen and oxygen atoms in total. The minimum atomic E-state index is 0.919. The molecule has 0 aliphatic carbocycles. The van der Waals surface area contributed by atoms with E-state index in [0.717, 1.165) is 5.92 Å². The van der Waals surface area contributed by atoms with Gasteiger partial charge in [0.05, 0.1) is 8.00 Å². The molecule has 78 valence electrons. The highest BCUT2D eigenvalue weighted by atomic mass is 79.9. The lowest BCUT2D eigenvalue weighted by atomic mass is 10.0. The zero-order chi connectivity index (χ0) is 9.80. The molecule has 2 heterocycles. The Hall–Kier alpha value is 0.490. The van der Waals surface area contributed by atoms with Crippen LogP contribution in [-0.2, 0) is 0 Å². The van der Waals surface area contributed by atoms with Crippen LogP contribution in [-0.4, -0.2) is 18.8 Å². The second-order valence-corrected chi connectivity index (χ2v) is 7.35. The number of rotatable bonds is 3. The van der Waals surface area contributed by atoms with E-state index in [4.69, 9.17) is 0 Å². The maximum absolute atomic E-state index is 3.49. The van der Waals surface area contributed by atoms with Crippen molar-refractivity contribution in [3.8, 4) is 0 Å². The third-order valence-electron chi connectivity index (χ3n) is 2.47. The molecule has 1 aromatic heterocycles. The summed E-state index contributed by atoms with van der Waals surface area (Å²) in [6.45, 7) is 2.42. The zero-order valence-corrected chi connectivity index (χ0v) is 11.2. The highest BCUT2D eigenvalue weighted by Gasteiger charge is 2.13. The van der Waals surface area contributed by atoms with E-state index in [0.29, 0.717) is 0 Å². The Balaban J connectivity index is 1.76. The van der Waals surface area contributed by atoms with Crippen molar-refractivity contribution >= 4 is 39.0 Å². The van der Waals surface area contributed by atoms with Crippen LogP contribution in [0.25, 0.3) is 0 Å². The van der Waals surface area contributed by atoms with Gasteiger partial charge in [-0.05, 0) is 59.9 Å². The van der Waals surface area contributed by atoms with Crippen LogP contribution in [0.3, 0.4) is 0 Å². The summed E-state index contributed by atoms with van der Waals surface area (Å²) in [7, 11) is 0. The van der Waals surface area contributed by atoms with Crippen LogP contribution in [0.2, 0.25) is 0 Å². The van der Waals surface area contributed by atoms with Gasteiger partial charge in [0.15, 0.2) is 0 Å². The van der Waals surface area contributed by atoms with Gasteiger partial charge in [0.25, 0.3) is 0 Å². The lowest BCUT2D eigenvalue weighted by Gasteiger charge is -2.21. The van der Waals surface area contributed by atoms with E-state index >= 15 is 0 Å². The predicted molar refractivity (Wildman–Crippen MR) is 68.3 cm³/mol. The molecular weight excluding hydrogens is 278 g/mol.